The van der Waals surface area contributed by atoms with Gasteiger partial charge in [-0.1, -0.05) is 47.5 Å². The van der Waals surface area contributed by atoms with Gasteiger partial charge in [-0.25, -0.2) is 0 Å². The minimum Gasteiger partial charge on any atom is -0.375 e. The summed E-state index contributed by atoms with van der Waals surface area (Å²) >= 11 is 0. The van der Waals surface area contributed by atoms with Crippen LogP contribution < -0.4 is 0 Å². The Labute approximate surface area is 114 Å². The second-order valence-electron chi connectivity index (χ2n) is 7.80. The van der Waals surface area contributed by atoms with Crippen LogP contribution in [0.25, 0.3) is 0 Å². The molecular weight excluding hydrogens is 220 g/mol. The zero-order valence-electron chi connectivity index (χ0n) is 13.3. The van der Waals surface area contributed by atoms with Crippen molar-refractivity contribution in [2.75, 3.05) is 6.61 Å². The molecule has 4 atom stereocenters. The summed E-state index contributed by atoms with van der Waals surface area (Å²) in [6, 6.07) is 0. The Morgan fingerprint density at radius 3 is 2.39 bits per heavy atom. The lowest BCUT2D eigenvalue weighted by Gasteiger charge is -2.57. The first-order valence-electron chi connectivity index (χ1n) is 7.94. The van der Waals surface area contributed by atoms with E-state index in [0.29, 0.717) is 10.8 Å². The Kier molecular flexibility index (Phi) is 3.60. The lowest BCUT2D eigenvalue weighted by Crippen LogP contribution is -2.53. The van der Waals surface area contributed by atoms with Crippen molar-refractivity contribution in [2.45, 2.75) is 79.2 Å². The molecule has 1 heterocycles. The number of hydrogen-bond acceptors (Lipinski definition) is 1. The third kappa shape index (κ3) is 1.94. The summed E-state index contributed by atoms with van der Waals surface area (Å²) in [7, 11) is 0. The van der Waals surface area contributed by atoms with Crippen LogP contribution in [-0.2, 0) is 4.74 Å². The zero-order chi connectivity index (χ0) is 13.6. The first kappa shape index (κ1) is 14.4. The average molecular weight is 252 g/mol. The van der Waals surface area contributed by atoms with Crippen molar-refractivity contribution >= 4 is 0 Å². The van der Waals surface area contributed by atoms with Crippen LogP contribution in [0, 0.1) is 22.7 Å². The lowest BCUT2D eigenvalue weighted by atomic mass is 9.49. The number of fused-ring (bicyclic) bond motifs is 1. The highest BCUT2D eigenvalue weighted by molar-refractivity contribution is 5.07. The van der Waals surface area contributed by atoms with E-state index in [1.165, 1.54) is 32.1 Å². The predicted molar refractivity (Wildman–Crippen MR) is 77.7 cm³/mol. The van der Waals surface area contributed by atoms with Crippen molar-refractivity contribution in [3.63, 3.8) is 0 Å². The molecule has 0 radical (unpaired) electrons. The molecule has 0 aromatic rings. The second kappa shape index (κ2) is 4.51. The third-order valence-electron chi connectivity index (χ3n) is 6.71. The summed E-state index contributed by atoms with van der Waals surface area (Å²) in [5.74, 6) is 1.61. The van der Waals surface area contributed by atoms with Crippen LogP contribution in [0.2, 0.25) is 0 Å². The molecule has 0 N–H and O–H groups in total. The molecule has 18 heavy (non-hydrogen) atoms. The first-order valence-corrected chi connectivity index (χ1v) is 7.94. The van der Waals surface area contributed by atoms with Crippen molar-refractivity contribution in [3.8, 4) is 0 Å². The van der Waals surface area contributed by atoms with Crippen LogP contribution in [-0.4, -0.2) is 12.2 Å². The molecule has 1 aliphatic carbocycles. The maximum absolute atomic E-state index is 6.14. The van der Waals surface area contributed by atoms with Crippen LogP contribution in [0.1, 0.15) is 73.6 Å². The summed E-state index contributed by atoms with van der Waals surface area (Å²) in [5, 5.41) is 0. The molecule has 1 saturated carbocycles. The molecule has 0 aromatic heterocycles. The Morgan fingerprint density at radius 1 is 1.17 bits per heavy atom. The van der Waals surface area contributed by atoms with E-state index in [9.17, 15) is 0 Å². The van der Waals surface area contributed by atoms with Crippen molar-refractivity contribution in [3.05, 3.63) is 0 Å². The monoisotopic (exact) mass is 252 g/mol. The van der Waals surface area contributed by atoms with Crippen LogP contribution in [0.4, 0.5) is 0 Å². The standard InChI is InChI=1S/C17H32O/c1-7-15(3,4)13-9-11-17(6)14(10-12-18-17)16(13,5)8-2/h13-14H,7-12H2,1-6H3. The third-order valence-corrected chi connectivity index (χ3v) is 6.71. The Morgan fingerprint density at radius 2 is 1.83 bits per heavy atom. The van der Waals surface area contributed by atoms with Crippen LogP contribution >= 0.6 is 0 Å². The average Bonchev–Trinajstić information content (AvgIpc) is 2.72. The van der Waals surface area contributed by atoms with Crippen molar-refractivity contribution in [1.29, 1.82) is 0 Å². The molecule has 0 spiro atoms. The molecule has 0 bridgehead atoms. The van der Waals surface area contributed by atoms with E-state index in [4.69, 9.17) is 4.74 Å². The predicted octanol–water partition coefficient (Wildman–Crippen LogP) is 5.04. The normalized spacial score (nSPS) is 45.0. The van der Waals surface area contributed by atoms with E-state index in [2.05, 4.69) is 41.5 Å². The summed E-state index contributed by atoms with van der Waals surface area (Å²) in [6.07, 6.45) is 6.47. The lowest BCUT2D eigenvalue weighted by molar-refractivity contribution is -0.129. The van der Waals surface area contributed by atoms with Gasteiger partial charge in [-0.15, -0.1) is 0 Å². The smallest absolute Gasteiger partial charge is 0.0688 e. The summed E-state index contributed by atoms with van der Waals surface area (Å²) < 4.78 is 6.14. The molecule has 0 amide bonds. The quantitative estimate of drug-likeness (QED) is 0.683. The molecule has 4 unspecified atom stereocenters. The molecule has 1 heteroatoms. The van der Waals surface area contributed by atoms with Gasteiger partial charge in [-0.05, 0) is 48.9 Å². The summed E-state index contributed by atoms with van der Waals surface area (Å²) in [4.78, 5) is 0. The van der Waals surface area contributed by atoms with Crippen LogP contribution in [0.5, 0.6) is 0 Å². The molecule has 106 valence electrons. The van der Waals surface area contributed by atoms with E-state index in [1.54, 1.807) is 0 Å². The fourth-order valence-corrected chi connectivity index (χ4v) is 5.12. The molecule has 1 aliphatic heterocycles. The highest BCUT2D eigenvalue weighted by atomic mass is 16.5. The largest absolute Gasteiger partial charge is 0.375 e. The van der Waals surface area contributed by atoms with E-state index < -0.39 is 0 Å². The van der Waals surface area contributed by atoms with Crippen molar-refractivity contribution < 1.29 is 4.74 Å². The molecule has 2 aliphatic rings. The van der Waals surface area contributed by atoms with E-state index in [0.717, 1.165) is 18.4 Å². The van der Waals surface area contributed by atoms with Gasteiger partial charge in [-0.3, -0.25) is 0 Å². The van der Waals surface area contributed by atoms with E-state index >= 15 is 0 Å². The fraction of sp³-hybridized carbons (Fsp3) is 1.00. The van der Waals surface area contributed by atoms with Crippen molar-refractivity contribution in [1.82, 2.24) is 0 Å². The van der Waals surface area contributed by atoms with Gasteiger partial charge >= 0.3 is 0 Å². The molecule has 2 fully saturated rings. The SMILES string of the molecule is CCC(C)(C)C1CCC2(C)OCCC2C1(C)CC. The van der Waals surface area contributed by atoms with Gasteiger partial charge in [0, 0.05) is 6.61 Å². The van der Waals surface area contributed by atoms with Gasteiger partial charge in [0.15, 0.2) is 0 Å². The molecule has 0 aromatic carbocycles. The minimum atomic E-state index is 0.172. The number of hydrogen-bond donors (Lipinski definition) is 0. The van der Waals surface area contributed by atoms with Gasteiger partial charge < -0.3 is 4.74 Å². The number of rotatable bonds is 3. The Balaban J connectivity index is 2.35. The van der Waals surface area contributed by atoms with Crippen LogP contribution in [0.15, 0.2) is 0 Å². The van der Waals surface area contributed by atoms with Gasteiger partial charge in [0.25, 0.3) is 0 Å². The van der Waals surface area contributed by atoms with Crippen molar-refractivity contribution in [2.24, 2.45) is 22.7 Å². The molecule has 2 rings (SSSR count). The summed E-state index contributed by atoms with van der Waals surface area (Å²) in [6.45, 7) is 15.6. The fourth-order valence-electron chi connectivity index (χ4n) is 5.12. The van der Waals surface area contributed by atoms with Gasteiger partial charge in [-0.2, -0.15) is 0 Å². The second-order valence-corrected chi connectivity index (χ2v) is 7.80. The topological polar surface area (TPSA) is 9.23 Å². The van der Waals surface area contributed by atoms with E-state index in [1.807, 2.05) is 0 Å². The zero-order valence-corrected chi connectivity index (χ0v) is 13.3. The summed E-state index contributed by atoms with van der Waals surface area (Å²) in [5.41, 5.74) is 1.10. The van der Waals surface area contributed by atoms with E-state index in [-0.39, 0.29) is 5.60 Å². The molecular formula is C17H32O. The maximum atomic E-state index is 6.14. The molecule has 1 nitrogen and oxygen atoms in total. The Bertz CT molecular complexity index is 309. The van der Waals surface area contributed by atoms with Gasteiger partial charge in [0.2, 0.25) is 0 Å². The number of ether oxygens (including phenoxy) is 1. The minimum absolute atomic E-state index is 0.172. The highest BCUT2D eigenvalue weighted by Crippen LogP contribution is 2.61. The first-order chi connectivity index (χ1) is 8.30. The van der Waals surface area contributed by atoms with Crippen LogP contribution in [0.3, 0.4) is 0 Å². The van der Waals surface area contributed by atoms with Gasteiger partial charge in [0.05, 0.1) is 5.60 Å². The van der Waals surface area contributed by atoms with Gasteiger partial charge in [0.1, 0.15) is 0 Å². The maximum Gasteiger partial charge on any atom is 0.0688 e. The highest BCUT2D eigenvalue weighted by Gasteiger charge is 2.58. The molecule has 1 saturated heterocycles. The Hall–Kier alpha value is -0.0400.